The van der Waals surface area contributed by atoms with Crippen LogP contribution in [-0.2, 0) is 0 Å². The molecule has 1 N–H and O–H groups in total. The van der Waals surface area contributed by atoms with Crippen molar-refractivity contribution in [1.29, 1.82) is 0 Å². The Labute approximate surface area is 121 Å². The Morgan fingerprint density at radius 3 is 2.05 bits per heavy atom. The number of halogens is 3. The number of rotatable bonds is 3. The fourth-order valence-electron chi connectivity index (χ4n) is 3.36. The number of benzene rings is 1. The molecule has 0 saturated heterocycles. The molecule has 0 heterocycles. The molecule has 0 radical (unpaired) electrons. The molecule has 1 nitrogen and oxygen atoms in total. The monoisotopic (exact) mass is 331 g/mol. The van der Waals surface area contributed by atoms with Crippen molar-refractivity contribution < 1.29 is 8.78 Å². The second kappa shape index (κ2) is 4.52. The van der Waals surface area contributed by atoms with Crippen molar-refractivity contribution in [2.24, 2.45) is 16.7 Å². The summed E-state index contributed by atoms with van der Waals surface area (Å²) >= 11 is 3.01. The largest absolute Gasteiger partial charge is 0.313 e. The van der Waals surface area contributed by atoms with Gasteiger partial charge in [-0.25, -0.2) is 8.78 Å². The summed E-state index contributed by atoms with van der Waals surface area (Å²) in [4.78, 5) is 0. The minimum Gasteiger partial charge on any atom is -0.313 e. The normalized spacial score (nSPS) is 22.3. The fraction of sp³-hybridized carbons (Fsp3) is 0.600. The molecule has 0 amide bonds. The summed E-state index contributed by atoms with van der Waals surface area (Å²) in [5.41, 5.74) is 0.625. The van der Waals surface area contributed by atoms with E-state index in [1.54, 1.807) is 7.05 Å². The van der Waals surface area contributed by atoms with Gasteiger partial charge in [0.05, 0.1) is 4.47 Å². The zero-order valence-corrected chi connectivity index (χ0v) is 13.5. The van der Waals surface area contributed by atoms with Crippen LogP contribution in [0.5, 0.6) is 0 Å². The van der Waals surface area contributed by atoms with E-state index >= 15 is 0 Å². The van der Waals surface area contributed by atoms with Crippen LogP contribution in [0.3, 0.4) is 0 Å². The zero-order chi connectivity index (χ0) is 14.6. The van der Waals surface area contributed by atoms with Gasteiger partial charge in [-0.3, -0.25) is 0 Å². The molecule has 2 rings (SSSR count). The van der Waals surface area contributed by atoms with E-state index < -0.39 is 5.82 Å². The lowest BCUT2D eigenvalue weighted by Crippen LogP contribution is -2.23. The van der Waals surface area contributed by atoms with Crippen LogP contribution < -0.4 is 5.32 Å². The molecule has 0 bridgehead atoms. The van der Waals surface area contributed by atoms with Gasteiger partial charge in [0.25, 0.3) is 0 Å². The highest BCUT2D eigenvalue weighted by Crippen LogP contribution is 2.72. The quantitative estimate of drug-likeness (QED) is 0.793. The van der Waals surface area contributed by atoms with Crippen molar-refractivity contribution in [3.05, 3.63) is 33.8 Å². The molecule has 1 aliphatic rings. The summed E-state index contributed by atoms with van der Waals surface area (Å²) < 4.78 is 28.0. The first-order valence-corrected chi connectivity index (χ1v) is 7.25. The van der Waals surface area contributed by atoms with E-state index in [0.717, 1.165) is 0 Å². The van der Waals surface area contributed by atoms with Crippen molar-refractivity contribution in [2.45, 2.75) is 33.7 Å². The molecule has 1 atom stereocenters. The van der Waals surface area contributed by atoms with Crippen molar-refractivity contribution in [3.63, 3.8) is 0 Å². The maximum Gasteiger partial charge on any atom is 0.137 e. The van der Waals surface area contributed by atoms with Crippen LogP contribution in [0.2, 0.25) is 0 Å². The van der Waals surface area contributed by atoms with Crippen molar-refractivity contribution in [1.82, 2.24) is 5.32 Å². The Morgan fingerprint density at radius 2 is 1.63 bits per heavy atom. The lowest BCUT2D eigenvalue weighted by Gasteiger charge is -2.20. The Kier molecular flexibility index (Phi) is 3.55. The standard InChI is InChI=1S/C15H20BrF2N/c1-14(2)13(15(14,3)4)12(19-5)8-6-11(18)9(16)7-10(8)17/h6-7,12-13,19H,1-5H3. The molecule has 19 heavy (non-hydrogen) atoms. The van der Waals surface area contributed by atoms with Gasteiger partial charge in [-0.2, -0.15) is 0 Å². The van der Waals surface area contributed by atoms with Crippen molar-refractivity contribution in [3.8, 4) is 0 Å². The third kappa shape index (κ3) is 2.13. The molecule has 1 aromatic carbocycles. The molecular weight excluding hydrogens is 312 g/mol. The minimum absolute atomic E-state index is 0.108. The predicted molar refractivity (Wildman–Crippen MR) is 76.9 cm³/mol. The summed E-state index contributed by atoms with van der Waals surface area (Å²) in [7, 11) is 1.80. The first kappa shape index (κ1) is 14.9. The lowest BCUT2D eigenvalue weighted by atomic mass is 9.96. The second-order valence-electron chi connectivity index (χ2n) is 6.48. The van der Waals surface area contributed by atoms with Crippen LogP contribution in [-0.4, -0.2) is 7.05 Å². The van der Waals surface area contributed by atoms with E-state index in [4.69, 9.17) is 0 Å². The number of hydrogen-bond acceptors (Lipinski definition) is 1. The van der Waals surface area contributed by atoms with E-state index in [1.807, 2.05) is 0 Å². The third-order valence-electron chi connectivity index (χ3n) is 5.15. The summed E-state index contributed by atoms with van der Waals surface area (Å²) in [6.07, 6.45) is 0. The maximum absolute atomic E-state index is 14.1. The third-order valence-corrected chi connectivity index (χ3v) is 5.76. The average Bonchev–Trinajstić information content (AvgIpc) is 2.69. The van der Waals surface area contributed by atoms with Crippen LogP contribution in [0.1, 0.15) is 39.3 Å². The van der Waals surface area contributed by atoms with E-state index in [-0.39, 0.29) is 33.1 Å². The van der Waals surface area contributed by atoms with Crippen LogP contribution in [0, 0.1) is 28.4 Å². The van der Waals surface area contributed by atoms with Gasteiger partial charge < -0.3 is 5.32 Å². The zero-order valence-electron chi connectivity index (χ0n) is 11.9. The summed E-state index contributed by atoms with van der Waals surface area (Å²) in [5, 5.41) is 3.16. The van der Waals surface area contributed by atoms with Crippen LogP contribution in [0.25, 0.3) is 0 Å². The lowest BCUT2D eigenvalue weighted by molar-refractivity contribution is 0.418. The Bertz CT molecular complexity index is 497. The number of nitrogens with one attached hydrogen (secondary N) is 1. The van der Waals surface area contributed by atoms with Crippen LogP contribution in [0.15, 0.2) is 16.6 Å². The highest BCUT2D eigenvalue weighted by atomic mass is 79.9. The maximum atomic E-state index is 14.1. The summed E-state index contributed by atoms with van der Waals surface area (Å²) in [6.45, 7) is 8.70. The van der Waals surface area contributed by atoms with E-state index in [2.05, 4.69) is 48.9 Å². The topological polar surface area (TPSA) is 12.0 Å². The van der Waals surface area contributed by atoms with Gasteiger partial charge in [0, 0.05) is 11.6 Å². The average molecular weight is 332 g/mol. The molecule has 1 saturated carbocycles. The Balaban J connectivity index is 2.43. The SMILES string of the molecule is CNC(c1cc(F)c(Br)cc1F)C1C(C)(C)C1(C)C. The molecule has 4 heteroatoms. The molecule has 0 spiro atoms. The van der Waals surface area contributed by atoms with E-state index in [0.29, 0.717) is 5.56 Å². The molecule has 1 aliphatic carbocycles. The molecule has 1 fully saturated rings. The van der Waals surface area contributed by atoms with Gasteiger partial charge in [-0.1, -0.05) is 27.7 Å². The smallest absolute Gasteiger partial charge is 0.137 e. The molecule has 0 aromatic heterocycles. The van der Waals surface area contributed by atoms with Gasteiger partial charge >= 0.3 is 0 Å². The van der Waals surface area contributed by atoms with Crippen molar-refractivity contribution in [2.75, 3.05) is 7.05 Å². The fourth-order valence-corrected chi connectivity index (χ4v) is 3.67. The summed E-state index contributed by atoms with van der Waals surface area (Å²) in [5.74, 6) is -0.515. The van der Waals surface area contributed by atoms with E-state index in [1.165, 1.54) is 12.1 Å². The van der Waals surface area contributed by atoms with Crippen molar-refractivity contribution >= 4 is 15.9 Å². The van der Waals surface area contributed by atoms with Gasteiger partial charge in [0.1, 0.15) is 11.6 Å². The first-order valence-electron chi connectivity index (χ1n) is 6.46. The molecule has 106 valence electrons. The minimum atomic E-state index is -0.423. The Morgan fingerprint density at radius 1 is 1.11 bits per heavy atom. The first-order chi connectivity index (χ1) is 8.64. The van der Waals surface area contributed by atoms with E-state index in [9.17, 15) is 8.78 Å². The summed E-state index contributed by atoms with van der Waals surface area (Å²) in [6, 6.07) is 2.33. The highest BCUT2D eigenvalue weighted by Gasteiger charge is 2.67. The predicted octanol–water partition coefficient (Wildman–Crippen LogP) is 4.67. The molecule has 1 unspecified atom stereocenters. The van der Waals surface area contributed by atoms with Crippen LogP contribution >= 0.6 is 15.9 Å². The van der Waals surface area contributed by atoms with Crippen LogP contribution in [0.4, 0.5) is 8.78 Å². The number of hydrogen-bond donors (Lipinski definition) is 1. The molecular formula is C15H20BrF2N. The Hall–Kier alpha value is -0.480. The van der Waals surface area contributed by atoms with Gasteiger partial charge in [0.2, 0.25) is 0 Å². The second-order valence-corrected chi connectivity index (χ2v) is 7.33. The van der Waals surface area contributed by atoms with Gasteiger partial charge in [0.15, 0.2) is 0 Å². The molecule has 0 aliphatic heterocycles. The highest BCUT2D eigenvalue weighted by molar-refractivity contribution is 9.10. The molecule has 1 aromatic rings. The van der Waals surface area contributed by atoms with Gasteiger partial charge in [-0.15, -0.1) is 0 Å². The van der Waals surface area contributed by atoms with Gasteiger partial charge in [-0.05, 0) is 51.9 Å².